The molecule has 1 atom stereocenters. The first-order chi connectivity index (χ1) is 9.93. The van der Waals surface area contributed by atoms with Crippen LogP contribution < -0.4 is 0 Å². The summed E-state index contributed by atoms with van der Waals surface area (Å²) in [6.45, 7) is 11.5. The Hall–Kier alpha value is -1.40. The Morgan fingerprint density at radius 1 is 1.38 bits per heavy atom. The Bertz CT molecular complexity index is 862. The third-order valence-corrected chi connectivity index (χ3v) is 5.28. The van der Waals surface area contributed by atoms with Crippen molar-refractivity contribution in [1.82, 2.24) is 19.3 Å². The van der Waals surface area contributed by atoms with E-state index in [1.165, 1.54) is 15.3 Å². The number of nitrogens with zero attached hydrogens (tertiary/aromatic N) is 3. The van der Waals surface area contributed by atoms with Crippen molar-refractivity contribution in [3.63, 3.8) is 0 Å². The topological polar surface area (TPSA) is 38.5 Å². The number of aryl methyl sites for hydroxylation is 4. The summed E-state index contributed by atoms with van der Waals surface area (Å²) in [4.78, 5) is 6.02. The van der Waals surface area contributed by atoms with Gasteiger partial charge in [-0.3, -0.25) is 4.57 Å². The van der Waals surface area contributed by atoms with Gasteiger partial charge in [0.25, 0.3) is 0 Å². The van der Waals surface area contributed by atoms with Gasteiger partial charge in [-0.05, 0) is 58.5 Å². The first-order valence-corrected chi connectivity index (χ1v) is 8.41. The van der Waals surface area contributed by atoms with Crippen LogP contribution in [0.25, 0.3) is 11.2 Å². The van der Waals surface area contributed by atoms with Gasteiger partial charge in [-0.25, -0.2) is 4.68 Å². The molecule has 0 amide bonds. The monoisotopic (exact) mass is 320 g/mol. The second kappa shape index (κ2) is 5.10. The molecule has 1 N–H and O–H groups in total. The molecule has 3 aromatic heterocycles. The fraction of sp³-hybridized carbons (Fsp3) is 0.467. The summed E-state index contributed by atoms with van der Waals surface area (Å²) in [5.74, 6) is 0. The maximum absolute atomic E-state index is 5.57. The zero-order valence-electron chi connectivity index (χ0n) is 13.0. The summed E-state index contributed by atoms with van der Waals surface area (Å²) in [5, 5.41) is 4.59. The van der Waals surface area contributed by atoms with Gasteiger partial charge in [-0.2, -0.15) is 5.10 Å². The minimum atomic E-state index is 0.206. The molecule has 6 heteroatoms. The van der Waals surface area contributed by atoms with Gasteiger partial charge in [0, 0.05) is 16.3 Å². The molecule has 0 aromatic carbocycles. The highest BCUT2D eigenvalue weighted by molar-refractivity contribution is 7.71. The van der Waals surface area contributed by atoms with Gasteiger partial charge in [-0.1, -0.05) is 0 Å². The fourth-order valence-corrected chi connectivity index (χ4v) is 4.37. The number of rotatable bonds is 3. The molecular formula is C15H20N4S2. The molecule has 0 saturated heterocycles. The Morgan fingerprint density at radius 3 is 2.67 bits per heavy atom. The Morgan fingerprint density at radius 2 is 2.10 bits per heavy atom. The number of aromatic nitrogens is 4. The van der Waals surface area contributed by atoms with Crippen molar-refractivity contribution >= 4 is 34.7 Å². The van der Waals surface area contributed by atoms with E-state index in [0.29, 0.717) is 0 Å². The van der Waals surface area contributed by atoms with E-state index >= 15 is 0 Å². The molecule has 3 aromatic rings. The lowest BCUT2D eigenvalue weighted by Gasteiger charge is -2.15. The van der Waals surface area contributed by atoms with E-state index in [-0.39, 0.29) is 6.04 Å². The molecule has 0 spiro atoms. The Balaban J connectivity index is 2.26. The lowest BCUT2D eigenvalue weighted by Crippen LogP contribution is -2.11. The highest BCUT2D eigenvalue weighted by Gasteiger charge is 2.20. The smallest absolute Gasteiger partial charge is 0.179 e. The van der Waals surface area contributed by atoms with Crippen LogP contribution in [-0.4, -0.2) is 19.3 Å². The van der Waals surface area contributed by atoms with Gasteiger partial charge in [0.1, 0.15) is 5.52 Å². The molecule has 4 nitrogen and oxygen atoms in total. The van der Waals surface area contributed by atoms with Crippen LogP contribution in [-0.2, 0) is 6.54 Å². The van der Waals surface area contributed by atoms with Crippen molar-refractivity contribution < 1.29 is 0 Å². The van der Waals surface area contributed by atoms with Crippen LogP contribution in [0.1, 0.15) is 40.9 Å². The first kappa shape index (κ1) is 14.5. The predicted molar refractivity (Wildman–Crippen MR) is 90.9 cm³/mol. The van der Waals surface area contributed by atoms with E-state index in [0.717, 1.165) is 28.2 Å². The molecule has 0 aliphatic carbocycles. The number of hydrogen-bond acceptors (Lipinski definition) is 3. The van der Waals surface area contributed by atoms with E-state index in [2.05, 4.69) is 48.4 Å². The summed E-state index contributed by atoms with van der Waals surface area (Å²) < 4.78 is 4.99. The second-order valence-corrected chi connectivity index (χ2v) is 7.29. The molecule has 0 bridgehead atoms. The number of nitrogens with one attached hydrogen (secondary N) is 1. The van der Waals surface area contributed by atoms with Crippen LogP contribution in [0, 0.1) is 25.5 Å². The molecule has 1 unspecified atom stereocenters. The van der Waals surface area contributed by atoms with Crippen molar-refractivity contribution in [2.45, 2.75) is 47.2 Å². The molecular weight excluding hydrogens is 300 g/mol. The third-order valence-electron chi connectivity index (χ3n) is 4.00. The second-order valence-electron chi connectivity index (χ2n) is 5.44. The van der Waals surface area contributed by atoms with Crippen LogP contribution in [0.3, 0.4) is 0 Å². The van der Waals surface area contributed by atoms with E-state index in [1.807, 2.05) is 22.9 Å². The van der Waals surface area contributed by atoms with E-state index in [1.54, 1.807) is 0 Å². The average molecular weight is 320 g/mol. The van der Waals surface area contributed by atoms with Crippen LogP contribution >= 0.6 is 23.6 Å². The molecule has 0 radical (unpaired) electrons. The largest absolute Gasteiger partial charge is 0.328 e. The van der Waals surface area contributed by atoms with E-state index < -0.39 is 0 Å². The minimum absolute atomic E-state index is 0.206. The zero-order valence-corrected chi connectivity index (χ0v) is 14.7. The normalized spacial score (nSPS) is 13.2. The molecule has 112 valence electrons. The number of H-pyrrole nitrogens is 1. The number of fused-ring (bicyclic) bond motifs is 1. The highest BCUT2D eigenvalue weighted by Crippen LogP contribution is 2.31. The fourth-order valence-electron chi connectivity index (χ4n) is 3.01. The highest BCUT2D eigenvalue weighted by atomic mass is 32.1. The number of hydrogen-bond donors (Lipinski definition) is 1. The predicted octanol–water partition coefficient (Wildman–Crippen LogP) is 4.51. The van der Waals surface area contributed by atoms with Gasteiger partial charge in [0.05, 0.1) is 11.7 Å². The lowest BCUT2D eigenvalue weighted by molar-refractivity contribution is 0.595. The molecule has 3 rings (SSSR count). The first-order valence-electron chi connectivity index (χ1n) is 7.18. The number of thiophene rings is 1. The Labute approximate surface area is 133 Å². The molecule has 3 heterocycles. The summed E-state index contributed by atoms with van der Waals surface area (Å²) >= 11 is 7.41. The van der Waals surface area contributed by atoms with Crippen molar-refractivity contribution in [3.05, 3.63) is 31.8 Å². The molecule has 21 heavy (non-hydrogen) atoms. The van der Waals surface area contributed by atoms with Crippen LogP contribution in [0.4, 0.5) is 0 Å². The maximum Gasteiger partial charge on any atom is 0.179 e. The van der Waals surface area contributed by atoms with Crippen molar-refractivity contribution in [2.24, 2.45) is 0 Å². The van der Waals surface area contributed by atoms with E-state index in [4.69, 9.17) is 12.2 Å². The summed E-state index contributed by atoms with van der Waals surface area (Å²) in [6.07, 6.45) is 0. The van der Waals surface area contributed by atoms with Gasteiger partial charge in [-0.15, -0.1) is 11.3 Å². The molecule has 0 saturated carbocycles. The van der Waals surface area contributed by atoms with Crippen molar-refractivity contribution in [1.29, 1.82) is 0 Å². The molecule has 0 fully saturated rings. The summed E-state index contributed by atoms with van der Waals surface area (Å²) in [7, 11) is 0. The average Bonchev–Trinajstić information content (AvgIpc) is 3.03. The van der Waals surface area contributed by atoms with Gasteiger partial charge >= 0.3 is 0 Å². The van der Waals surface area contributed by atoms with Crippen molar-refractivity contribution in [2.75, 3.05) is 0 Å². The Kier molecular flexibility index (Phi) is 3.53. The van der Waals surface area contributed by atoms with Crippen LogP contribution in [0.5, 0.6) is 0 Å². The molecule has 0 aliphatic rings. The maximum atomic E-state index is 5.57. The van der Waals surface area contributed by atoms with Gasteiger partial charge in [0.15, 0.2) is 10.4 Å². The SMILES string of the molecule is CCn1nc(C)c2[nH]c(=S)n(C(C)c3cc(C)sc3C)c21. The number of aromatic amines is 1. The lowest BCUT2D eigenvalue weighted by atomic mass is 10.1. The minimum Gasteiger partial charge on any atom is -0.328 e. The van der Waals surface area contributed by atoms with Crippen LogP contribution in [0.2, 0.25) is 0 Å². The third kappa shape index (κ3) is 2.17. The van der Waals surface area contributed by atoms with Gasteiger partial charge in [0.2, 0.25) is 0 Å². The molecule has 0 aliphatic heterocycles. The summed E-state index contributed by atoms with van der Waals surface area (Å²) in [5.41, 5.74) is 4.49. The zero-order chi connectivity index (χ0) is 15.3. The summed E-state index contributed by atoms with van der Waals surface area (Å²) in [6, 6.07) is 2.47. The number of imidazole rings is 1. The quantitative estimate of drug-likeness (QED) is 0.721. The van der Waals surface area contributed by atoms with E-state index in [9.17, 15) is 0 Å². The standard InChI is InChI=1S/C15H20N4S2/c1-6-18-14-13(9(3)17-18)16-15(20)19(14)10(4)12-7-8(2)21-11(12)5/h7,10H,6H2,1-5H3,(H,16,20). The van der Waals surface area contributed by atoms with Gasteiger partial charge < -0.3 is 4.98 Å². The van der Waals surface area contributed by atoms with Crippen molar-refractivity contribution in [3.8, 4) is 0 Å². The van der Waals surface area contributed by atoms with Crippen LogP contribution in [0.15, 0.2) is 6.07 Å².